The van der Waals surface area contributed by atoms with E-state index in [-0.39, 0.29) is 6.16 Å². The molecule has 0 fully saturated rings. The molecule has 0 bridgehead atoms. The molecule has 72 valence electrons. The summed E-state index contributed by atoms with van der Waals surface area (Å²) in [6.07, 6.45) is 2.70. The molecule has 0 amide bonds. The summed E-state index contributed by atoms with van der Waals surface area (Å²) in [5, 5.41) is 0. The standard InChI is InChI=1S/C8H12NO3P/c10-13(11,12)7-3-5-8-4-1-2-6-9-8/h1-2,4,6H,3,5,7H2,(H2,10,11,12). The second-order valence-electron chi connectivity index (χ2n) is 2.81. The summed E-state index contributed by atoms with van der Waals surface area (Å²) < 4.78 is 10.5. The molecule has 0 aliphatic rings. The van der Waals surface area contributed by atoms with Gasteiger partial charge in [0.2, 0.25) is 0 Å². The third kappa shape index (κ3) is 4.78. The molecule has 5 heteroatoms. The number of nitrogens with zero attached hydrogens (tertiary/aromatic N) is 1. The normalized spacial score (nSPS) is 11.5. The predicted octanol–water partition coefficient (Wildman–Crippen LogP) is 1.19. The molecule has 1 aromatic heterocycles. The highest BCUT2D eigenvalue weighted by molar-refractivity contribution is 7.51. The minimum atomic E-state index is -3.83. The van der Waals surface area contributed by atoms with Crippen LogP contribution in [0.15, 0.2) is 24.4 Å². The molecule has 0 aromatic carbocycles. The highest BCUT2D eigenvalue weighted by Gasteiger charge is 2.11. The van der Waals surface area contributed by atoms with Crippen LogP contribution in [0.4, 0.5) is 0 Å². The molecule has 0 atom stereocenters. The minimum Gasteiger partial charge on any atom is -0.324 e. The van der Waals surface area contributed by atoms with Crippen molar-refractivity contribution in [2.75, 3.05) is 6.16 Å². The van der Waals surface area contributed by atoms with E-state index in [1.165, 1.54) is 0 Å². The van der Waals surface area contributed by atoms with Crippen LogP contribution in [-0.2, 0) is 11.0 Å². The maximum Gasteiger partial charge on any atom is 0.325 e. The number of aromatic nitrogens is 1. The van der Waals surface area contributed by atoms with Crippen LogP contribution in [-0.4, -0.2) is 20.9 Å². The van der Waals surface area contributed by atoms with E-state index in [1.54, 1.807) is 6.20 Å². The molecule has 0 unspecified atom stereocenters. The first-order valence-corrected chi connectivity index (χ1v) is 5.82. The van der Waals surface area contributed by atoms with E-state index in [1.807, 2.05) is 18.2 Å². The lowest BCUT2D eigenvalue weighted by atomic mass is 10.2. The zero-order chi connectivity index (χ0) is 9.73. The molecule has 1 rings (SSSR count). The fourth-order valence-electron chi connectivity index (χ4n) is 1.01. The Kier molecular flexibility index (Phi) is 3.60. The van der Waals surface area contributed by atoms with Gasteiger partial charge in [0.25, 0.3) is 0 Å². The molecule has 13 heavy (non-hydrogen) atoms. The van der Waals surface area contributed by atoms with Gasteiger partial charge < -0.3 is 9.79 Å². The van der Waals surface area contributed by atoms with Gasteiger partial charge >= 0.3 is 7.60 Å². The van der Waals surface area contributed by atoms with Crippen LogP contribution in [0.1, 0.15) is 12.1 Å². The van der Waals surface area contributed by atoms with Gasteiger partial charge in [-0.25, -0.2) is 0 Å². The van der Waals surface area contributed by atoms with Crippen molar-refractivity contribution in [1.82, 2.24) is 4.98 Å². The third-order valence-electron chi connectivity index (χ3n) is 1.61. The van der Waals surface area contributed by atoms with Crippen molar-refractivity contribution in [1.29, 1.82) is 0 Å². The Hall–Kier alpha value is -0.700. The first-order valence-electron chi connectivity index (χ1n) is 4.02. The molecular weight excluding hydrogens is 189 g/mol. The van der Waals surface area contributed by atoms with Crippen LogP contribution in [0.3, 0.4) is 0 Å². The lowest BCUT2D eigenvalue weighted by Gasteiger charge is -2.02. The summed E-state index contributed by atoms with van der Waals surface area (Å²) >= 11 is 0. The Morgan fingerprint density at radius 2 is 2.15 bits per heavy atom. The van der Waals surface area contributed by atoms with Crippen molar-refractivity contribution in [2.45, 2.75) is 12.8 Å². The highest BCUT2D eigenvalue weighted by Crippen LogP contribution is 2.35. The van der Waals surface area contributed by atoms with Gasteiger partial charge in [-0.15, -0.1) is 0 Å². The summed E-state index contributed by atoms with van der Waals surface area (Å²) in [6.45, 7) is 0. The SMILES string of the molecule is O=P(O)(O)CCCc1ccccn1. The Morgan fingerprint density at radius 1 is 1.38 bits per heavy atom. The minimum absolute atomic E-state index is 0.0659. The van der Waals surface area contributed by atoms with Crippen molar-refractivity contribution in [2.24, 2.45) is 0 Å². The fraction of sp³-hybridized carbons (Fsp3) is 0.375. The molecule has 1 heterocycles. The van der Waals surface area contributed by atoms with Crippen molar-refractivity contribution < 1.29 is 14.4 Å². The topological polar surface area (TPSA) is 70.4 Å². The smallest absolute Gasteiger partial charge is 0.324 e. The van der Waals surface area contributed by atoms with Gasteiger partial charge in [-0.1, -0.05) is 6.07 Å². The van der Waals surface area contributed by atoms with Crippen LogP contribution in [0.25, 0.3) is 0 Å². The maximum atomic E-state index is 10.5. The fourth-order valence-corrected chi connectivity index (χ4v) is 1.58. The number of aryl methyl sites for hydroxylation is 1. The molecule has 0 saturated carbocycles. The first-order chi connectivity index (χ1) is 6.08. The molecule has 4 nitrogen and oxygen atoms in total. The van der Waals surface area contributed by atoms with E-state index in [9.17, 15) is 4.57 Å². The number of hydrogen-bond donors (Lipinski definition) is 2. The van der Waals surface area contributed by atoms with E-state index < -0.39 is 7.60 Å². The second-order valence-corrected chi connectivity index (χ2v) is 4.59. The highest BCUT2D eigenvalue weighted by atomic mass is 31.2. The van der Waals surface area contributed by atoms with Crippen LogP contribution in [0, 0.1) is 0 Å². The average molecular weight is 201 g/mol. The van der Waals surface area contributed by atoms with Gasteiger partial charge in [0.15, 0.2) is 0 Å². The summed E-state index contributed by atoms with van der Waals surface area (Å²) in [7, 11) is -3.83. The van der Waals surface area contributed by atoms with Crippen LogP contribution in [0.2, 0.25) is 0 Å². The Bertz CT molecular complexity index is 296. The molecule has 0 aliphatic carbocycles. The average Bonchev–Trinajstić information content (AvgIpc) is 2.04. The van der Waals surface area contributed by atoms with Crippen LogP contribution < -0.4 is 0 Å². The zero-order valence-corrected chi connectivity index (χ0v) is 8.02. The van der Waals surface area contributed by atoms with Gasteiger partial charge in [-0.2, -0.15) is 0 Å². The zero-order valence-electron chi connectivity index (χ0n) is 7.13. The largest absolute Gasteiger partial charge is 0.325 e. The summed E-state index contributed by atoms with van der Waals surface area (Å²) in [6, 6.07) is 5.52. The van der Waals surface area contributed by atoms with Gasteiger partial charge in [-0.3, -0.25) is 9.55 Å². The molecule has 0 radical (unpaired) electrons. The number of hydrogen-bond acceptors (Lipinski definition) is 2. The van der Waals surface area contributed by atoms with Gasteiger partial charge in [0.1, 0.15) is 0 Å². The van der Waals surface area contributed by atoms with Crippen molar-refractivity contribution in [3.63, 3.8) is 0 Å². The van der Waals surface area contributed by atoms with Crippen LogP contribution in [0.5, 0.6) is 0 Å². The maximum absolute atomic E-state index is 10.5. The predicted molar refractivity (Wildman–Crippen MR) is 49.5 cm³/mol. The van der Waals surface area contributed by atoms with E-state index >= 15 is 0 Å². The van der Waals surface area contributed by atoms with Crippen molar-refractivity contribution in [3.8, 4) is 0 Å². The third-order valence-corrected chi connectivity index (χ3v) is 2.51. The number of pyridine rings is 1. The summed E-state index contributed by atoms with van der Waals surface area (Å²) in [5.41, 5.74) is 0.871. The first kappa shape index (κ1) is 10.4. The lowest BCUT2D eigenvalue weighted by Crippen LogP contribution is -1.93. The van der Waals surface area contributed by atoms with Crippen LogP contribution >= 0.6 is 7.60 Å². The lowest BCUT2D eigenvalue weighted by molar-refractivity contribution is 0.371. The monoisotopic (exact) mass is 201 g/mol. The molecule has 0 aliphatic heterocycles. The van der Waals surface area contributed by atoms with E-state index in [2.05, 4.69) is 4.98 Å². The van der Waals surface area contributed by atoms with E-state index in [0.717, 1.165) is 5.69 Å². The molecule has 2 N–H and O–H groups in total. The Balaban J connectivity index is 2.33. The van der Waals surface area contributed by atoms with Gasteiger partial charge in [-0.05, 0) is 25.0 Å². The summed E-state index contributed by atoms with van der Waals surface area (Å²) in [5.74, 6) is 0. The molecule has 0 spiro atoms. The molecule has 1 aromatic rings. The molecular formula is C8H12NO3P. The Morgan fingerprint density at radius 3 is 2.69 bits per heavy atom. The van der Waals surface area contributed by atoms with Gasteiger partial charge in [0, 0.05) is 11.9 Å². The van der Waals surface area contributed by atoms with E-state index in [0.29, 0.717) is 12.8 Å². The van der Waals surface area contributed by atoms with Gasteiger partial charge in [0.05, 0.1) is 6.16 Å². The quantitative estimate of drug-likeness (QED) is 0.718. The second kappa shape index (κ2) is 4.51. The number of rotatable bonds is 4. The molecule has 0 saturated heterocycles. The van der Waals surface area contributed by atoms with Crippen molar-refractivity contribution in [3.05, 3.63) is 30.1 Å². The summed E-state index contributed by atoms with van der Waals surface area (Å²) in [4.78, 5) is 21.2. The van der Waals surface area contributed by atoms with Crippen molar-refractivity contribution >= 4 is 7.60 Å². The van der Waals surface area contributed by atoms with E-state index in [4.69, 9.17) is 9.79 Å². The Labute approximate surface area is 76.8 Å².